The molecule has 0 aromatic heterocycles. The number of hydrogen-bond donors (Lipinski definition) is 0. The Bertz CT molecular complexity index is 330. The van der Waals surface area contributed by atoms with E-state index in [0.29, 0.717) is 13.0 Å². The topological polar surface area (TPSA) is 26.3 Å². The zero-order chi connectivity index (χ0) is 13.8. The van der Waals surface area contributed by atoms with Gasteiger partial charge in [-0.2, -0.15) is 0 Å². The minimum Gasteiger partial charge on any atom is -0.493 e. The van der Waals surface area contributed by atoms with Gasteiger partial charge in [-0.1, -0.05) is 51.2 Å². The van der Waals surface area contributed by atoms with Crippen LogP contribution in [0.15, 0.2) is 24.3 Å². The lowest BCUT2D eigenvalue weighted by atomic mass is 10.0. The van der Waals surface area contributed by atoms with Gasteiger partial charge in [-0.3, -0.25) is 0 Å². The van der Waals surface area contributed by atoms with Crippen LogP contribution in [0.5, 0.6) is 5.75 Å². The van der Waals surface area contributed by atoms with Crippen LogP contribution in [-0.2, 0) is 11.2 Å². The SMILES string of the molecule is CCCCCCCCc1ccc(OCCC=O)cc1. The molecule has 0 spiro atoms. The van der Waals surface area contributed by atoms with E-state index in [-0.39, 0.29) is 0 Å². The standard InChI is InChI=1S/C17H26O2/c1-2-3-4-5-6-7-9-16-10-12-17(13-11-16)19-15-8-14-18/h10-14H,2-9,15H2,1H3. The van der Waals surface area contributed by atoms with Crippen LogP contribution >= 0.6 is 0 Å². The number of carbonyl (C=O) groups is 1. The summed E-state index contributed by atoms with van der Waals surface area (Å²) in [4.78, 5) is 10.2. The molecule has 1 rings (SSSR count). The van der Waals surface area contributed by atoms with Crippen molar-refractivity contribution in [2.75, 3.05) is 6.61 Å². The van der Waals surface area contributed by atoms with Crippen molar-refractivity contribution in [1.29, 1.82) is 0 Å². The summed E-state index contributed by atoms with van der Waals surface area (Å²) in [6.07, 6.45) is 10.5. The predicted molar refractivity (Wildman–Crippen MR) is 79.7 cm³/mol. The lowest BCUT2D eigenvalue weighted by molar-refractivity contribution is -0.108. The number of unbranched alkanes of at least 4 members (excludes halogenated alkanes) is 5. The fraction of sp³-hybridized carbons (Fsp3) is 0.588. The van der Waals surface area contributed by atoms with Crippen LogP contribution < -0.4 is 4.74 Å². The van der Waals surface area contributed by atoms with Crippen LogP contribution in [-0.4, -0.2) is 12.9 Å². The van der Waals surface area contributed by atoms with E-state index < -0.39 is 0 Å². The number of aldehydes is 1. The Kier molecular flexibility index (Phi) is 8.78. The highest BCUT2D eigenvalue weighted by atomic mass is 16.5. The highest BCUT2D eigenvalue weighted by Crippen LogP contribution is 2.15. The van der Waals surface area contributed by atoms with Crippen LogP contribution in [0.25, 0.3) is 0 Å². The van der Waals surface area contributed by atoms with Gasteiger partial charge in [0.1, 0.15) is 12.0 Å². The molecule has 0 bridgehead atoms. The minimum absolute atomic E-state index is 0.458. The number of ether oxygens (including phenoxy) is 1. The third-order valence-electron chi connectivity index (χ3n) is 3.25. The van der Waals surface area contributed by atoms with E-state index in [0.717, 1.165) is 18.5 Å². The summed E-state index contributed by atoms with van der Waals surface area (Å²) >= 11 is 0. The second kappa shape index (κ2) is 10.6. The fourth-order valence-corrected chi connectivity index (χ4v) is 2.09. The van der Waals surface area contributed by atoms with Crippen molar-refractivity contribution in [2.45, 2.75) is 58.3 Å². The van der Waals surface area contributed by atoms with E-state index in [1.165, 1.54) is 44.1 Å². The number of aryl methyl sites for hydroxylation is 1. The van der Waals surface area contributed by atoms with Gasteiger partial charge >= 0.3 is 0 Å². The largest absolute Gasteiger partial charge is 0.493 e. The molecule has 2 nitrogen and oxygen atoms in total. The van der Waals surface area contributed by atoms with Crippen molar-refractivity contribution in [3.8, 4) is 5.75 Å². The van der Waals surface area contributed by atoms with Crippen molar-refractivity contribution in [2.24, 2.45) is 0 Å². The molecule has 0 aliphatic rings. The van der Waals surface area contributed by atoms with Crippen molar-refractivity contribution < 1.29 is 9.53 Å². The highest BCUT2D eigenvalue weighted by molar-refractivity contribution is 5.49. The third-order valence-corrected chi connectivity index (χ3v) is 3.25. The molecule has 0 amide bonds. The summed E-state index contributed by atoms with van der Waals surface area (Å²) in [5.74, 6) is 0.855. The monoisotopic (exact) mass is 262 g/mol. The van der Waals surface area contributed by atoms with E-state index in [1.54, 1.807) is 0 Å². The first kappa shape index (κ1) is 15.7. The molecule has 0 saturated carbocycles. The van der Waals surface area contributed by atoms with Gasteiger partial charge in [0.25, 0.3) is 0 Å². The van der Waals surface area contributed by atoms with Crippen molar-refractivity contribution in [3.05, 3.63) is 29.8 Å². The normalized spacial score (nSPS) is 10.4. The van der Waals surface area contributed by atoms with Gasteiger partial charge in [0.05, 0.1) is 6.61 Å². The van der Waals surface area contributed by atoms with Crippen LogP contribution in [0.2, 0.25) is 0 Å². The Hall–Kier alpha value is -1.31. The second-order valence-corrected chi connectivity index (χ2v) is 4.97. The van der Waals surface area contributed by atoms with Crippen molar-refractivity contribution >= 4 is 6.29 Å². The summed E-state index contributed by atoms with van der Waals surface area (Å²) < 4.78 is 5.44. The number of benzene rings is 1. The fourth-order valence-electron chi connectivity index (χ4n) is 2.09. The summed E-state index contributed by atoms with van der Waals surface area (Å²) in [6.45, 7) is 2.72. The Morgan fingerprint density at radius 3 is 2.37 bits per heavy atom. The molecule has 0 unspecified atom stereocenters. The van der Waals surface area contributed by atoms with Gasteiger partial charge < -0.3 is 9.53 Å². The minimum atomic E-state index is 0.458. The number of carbonyl (C=O) groups excluding carboxylic acids is 1. The smallest absolute Gasteiger partial charge is 0.123 e. The molecular formula is C17H26O2. The number of rotatable bonds is 11. The van der Waals surface area contributed by atoms with E-state index in [4.69, 9.17) is 4.74 Å². The molecule has 0 fully saturated rings. The van der Waals surface area contributed by atoms with Crippen LogP contribution in [0.1, 0.15) is 57.4 Å². The second-order valence-electron chi connectivity index (χ2n) is 4.97. The summed E-state index contributed by atoms with van der Waals surface area (Å²) in [7, 11) is 0. The molecule has 0 heterocycles. The average Bonchev–Trinajstić information content (AvgIpc) is 2.44. The molecule has 1 aromatic carbocycles. The van der Waals surface area contributed by atoms with Crippen molar-refractivity contribution in [1.82, 2.24) is 0 Å². The first-order valence-corrected chi connectivity index (χ1v) is 7.52. The molecular weight excluding hydrogens is 236 g/mol. The van der Waals surface area contributed by atoms with E-state index >= 15 is 0 Å². The summed E-state index contributed by atoms with van der Waals surface area (Å²) in [5, 5.41) is 0. The quantitative estimate of drug-likeness (QED) is 0.432. The molecule has 0 aliphatic carbocycles. The first-order valence-electron chi connectivity index (χ1n) is 7.52. The molecule has 0 radical (unpaired) electrons. The predicted octanol–water partition coefficient (Wildman–Crippen LogP) is 4.56. The maximum Gasteiger partial charge on any atom is 0.123 e. The van der Waals surface area contributed by atoms with Gasteiger partial charge in [-0.05, 0) is 30.5 Å². The zero-order valence-electron chi connectivity index (χ0n) is 12.1. The molecule has 0 N–H and O–H groups in total. The van der Waals surface area contributed by atoms with Gasteiger partial charge in [0, 0.05) is 6.42 Å². The Balaban J connectivity index is 2.15. The molecule has 2 heteroatoms. The molecule has 1 aromatic rings. The lowest BCUT2D eigenvalue weighted by Gasteiger charge is -2.06. The lowest BCUT2D eigenvalue weighted by Crippen LogP contribution is -1.97. The molecule has 0 saturated heterocycles. The summed E-state index contributed by atoms with van der Waals surface area (Å²) in [6, 6.07) is 8.25. The molecule has 106 valence electrons. The van der Waals surface area contributed by atoms with E-state index in [2.05, 4.69) is 19.1 Å². The highest BCUT2D eigenvalue weighted by Gasteiger charge is 1.96. The van der Waals surface area contributed by atoms with E-state index in [9.17, 15) is 4.79 Å². The maximum atomic E-state index is 10.2. The van der Waals surface area contributed by atoms with Gasteiger partial charge in [0.2, 0.25) is 0 Å². The van der Waals surface area contributed by atoms with Crippen LogP contribution in [0.4, 0.5) is 0 Å². The molecule has 0 aliphatic heterocycles. The third kappa shape index (κ3) is 7.66. The molecule has 0 atom stereocenters. The van der Waals surface area contributed by atoms with Gasteiger partial charge in [-0.25, -0.2) is 0 Å². The summed E-state index contributed by atoms with van der Waals surface area (Å²) in [5.41, 5.74) is 1.37. The number of hydrogen-bond acceptors (Lipinski definition) is 2. The Morgan fingerprint density at radius 1 is 1.00 bits per heavy atom. The van der Waals surface area contributed by atoms with Crippen LogP contribution in [0, 0.1) is 0 Å². The van der Waals surface area contributed by atoms with Gasteiger partial charge in [0.15, 0.2) is 0 Å². The average molecular weight is 262 g/mol. The first-order chi connectivity index (χ1) is 9.36. The Morgan fingerprint density at radius 2 is 1.68 bits per heavy atom. The van der Waals surface area contributed by atoms with Crippen molar-refractivity contribution in [3.63, 3.8) is 0 Å². The molecule has 19 heavy (non-hydrogen) atoms. The zero-order valence-corrected chi connectivity index (χ0v) is 12.1. The van der Waals surface area contributed by atoms with E-state index in [1.807, 2.05) is 12.1 Å². The maximum absolute atomic E-state index is 10.2. The van der Waals surface area contributed by atoms with Crippen LogP contribution in [0.3, 0.4) is 0 Å². The Labute approximate surface area is 117 Å². The van der Waals surface area contributed by atoms with Gasteiger partial charge in [-0.15, -0.1) is 0 Å².